The van der Waals surface area contributed by atoms with E-state index in [-0.39, 0.29) is 11.5 Å². The second-order valence-corrected chi connectivity index (χ2v) is 5.07. The smallest absolute Gasteiger partial charge is 0.336 e. The van der Waals surface area contributed by atoms with Gasteiger partial charge in [0.2, 0.25) is 0 Å². The molecule has 0 heterocycles. The molecule has 0 bridgehead atoms. The minimum Gasteiger partial charge on any atom is -0.504 e. The maximum atomic E-state index is 11.7. The van der Waals surface area contributed by atoms with E-state index in [2.05, 4.69) is 0 Å². The SMILES string of the molecule is CCCOC(=O)/C(C)=C/Oc1cccc(-c2ccccc2)c1O. The van der Waals surface area contributed by atoms with Gasteiger partial charge in [0.25, 0.3) is 0 Å². The van der Waals surface area contributed by atoms with Gasteiger partial charge >= 0.3 is 5.97 Å². The van der Waals surface area contributed by atoms with E-state index in [0.29, 0.717) is 17.7 Å². The zero-order valence-corrected chi connectivity index (χ0v) is 13.3. The summed E-state index contributed by atoms with van der Waals surface area (Å²) in [6.45, 7) is 3.91. The number of benzene rings is 2. The second-order valence-electron chi connectivity index (χ2n) is 5.07. The topological polar surface area (TPSA) is 55.8 Å². The Bertz CT molecular complexity index is 690. The third-order valence-electron chi connectivity index (χ3n) is 3.21. The van der Waals surface area contributed by atoms with Crippen molar-refractivity contribution < 1.29 is 19.4 Å². The predicted molar refractivity (Wildman–Crippen MR) is 89.2 cm³/mol. The van der Waals surface area contributed by atoms with Crippen molar-refractivity contribution in [3.05, 3.63) is 60.4 Å². The van der Waals surface area contributed by atoms with Crippen molar-refractivity contribution in [3.63, 3.8) is 0 Å². The Kier molecular flexibility index (Phi) is 5.80. The summed E-state index contributed by atoms with van der Waals surface area (Å²) >= 11 is 0. The molecule has 0 fully saturated rings. The number of para-hydroxylation sites is 1. The largest absolute Gasteiger partial charge is 0.504 e. The number of hydrogen-bond acceptors (Lipinski definition) is 4. The van der Waals surface area contributed by atoms with Crippen molar-refractivity contribution in [2.24, 2.45) is 0 Å². The number of ether oxygens (including phenoxy) is 2. The predicted octanol–water partition coefficient (Wildman–Crippen LogP) is 4.30. The molecule has 120 valence electrons. The molecule has 0 amide bonds. The maximum Gasteiger partial charge on any atom is 0.336 e. The van der Waals surface area contributed by atoms with E-state index < -0.39 is 5.97 Å². The average molecular weight is 312 g/mol. The summed E-state index contributed by atoms with van der Waals surface area (Å²) in [5.74, 6) is -0.107. The number of rotatable bonds is 6. The molecule has 2 aromatic carbocycles. The zero-order valence-electron chi connectivity index (χ0n) is 13.3. The van der Waals surface area contributed by atoms with Gasteiger partial charge in [-0.25, -0.2) is 4.79 Å². The number of hydrogen-bond donors (Lipinski definition) is 1. The van der Waals surface area contributed by atoms with E-state index >= 15 is 0 Å². The van der Waals surface area contributed by atoms with Crippen LogP contribution in [0, 0.1) is 0 Å². The molecular formula is C19H20O4. The summed E-state index contributed by atoms with van der Waals surface area (Å²) in [5.41, 5.74) is 1.89. The lowest BCUT2D eigenvalue weighted by Gasteiger charge is -2.10. The highest BCUT2D eigenvalue weighted by Gasteiger charge is 2.11. The van der Waals surface area contributed by atoms with Crippen molar-refractivity contribution >= 4 is 5.97 Å². The molecular weight excluding hydrogens is 292 g/mol. The maximum absolute atomic E-state index is 11.7. The molecule has 0 aliphatic carbocycles. The van der Waals surface area contributed by atoms with Crippen molar-refractivity contribution in [1.82, 2.24) is 0 Å². The molecule has 2 rings (SSSR count). The van der Waals surface area contributed by atoms with Crippen LogP contribution >= 0.6 is 0 Å². The van der Waals surface area contributed by atoms with Gasteiger partial charge in [-0.2, -0.15) is 0 Å². The highest BCUT2D eigenvalue weighted by molar-refractivity contribution is 5.87. The lowest BCUT2D eigenvalue weighted by Crippen LogP contribution is -2.07. The van der Waals surface area contributed by atoms with Crippen LogP contribution in [0.15, 0.2) is 60.4 Å². The van der Waals surface area contributed by atoms with E-state index in [1.54, 1.807) is 19.1 Å². The molecule has 0 radical (unpaired) electrons. The molecule has 0 aliphatic heterocycles. The van der Waals surface area contributed by atoms with Gasteiger partial charge in [0, 0.05) is 5.56 Å². The number of esters is 1. The lowest BCUT2D eigenvalue weighted by atomic mass is 10.0. The molecule has 0 aromatic heterocycles. The van der Waals surface area contributed by atoms with Gasteiger partial charge in [-0.3, -0.25) is 0 Å². The highest BCUT2D eigenvalue weighted by Crippen LogP contribution is 2.36. The third-order valence-corrected chi connectivity index (χ3v) is 3.21. The third kappa shape index (κ3) is 4.36. The van der Waals surface area contributed by atoms with E-state index in [0.717, 1.165) is 12.0 Å². The quantitative estimate of drug-likeness (QED) is 0.491. The van der Waals surface area contributed by atoms with Crippen LogP contribution in [0.25, 0.3) is 11.1 Å². The van der Waals surface area contributed by atoms with Crippen LogP contribution in [0.3, 0.4) is 0 Å². The van der Waals surface area contributed by atoms with Crippen LogP contribution < -0.4 is 4.74 Å². The summed E-state index contributed by atoms with van der Waals surface area (Å²) in [4.78, 5) is 11.7. The van der Waals surface area contributed by atoms with E-state index in [1.165, 1.54) is 6.26 Å². The van der Waals surface area contributed by atoms with Crippen LogP contribution in [0.4, 0.5) is 0 Å². The summed E-state index contributed by atoms with van der Waals surface area (Å²) in [7, 11) is 0. The number of carbonyl (C=O) groups is 1. The molecule has 1 N–H and O–H groups in total. The molecule has 4 heteroatoms. The minimum atomic E-state index is -0.425. The van der Waals surface area contributed by atoms with E-state index in [1.807, 2.05) is 43.3 Å². The lowest BCUT2D eigenvalue weighted by molar-refractivity contribution is -0.139. The Hall–Kier alpha value is -2.75. The van der Waals surface area contributed by atoms with Gasteiger partial charge in [0.15, 0.2) is 11.5 Å². The Balaban J connectivity index is 2.17. The van der Waals surface area contributed by atoms with Crippen molar-refractivity contribution in [3.8, 4) is 22.6 Å². The van der Waals surface area contributed by atoms with Gasteiger partial charge in [0.05, 0.1) is 12.2 Å². The molecule has 4 nitrogen and oxygen atoms in total. The standard InChI is InChI=1S/C19H20O4/c1-3-12-22-19(21)14(2)13-23-17-11-7-10-16(18(17)20)15-8-5-4-6-9-15/h4-11,13,20H,3,12H2,1-2H3/b14-13+. The van der Waals surface area contributed by atoms with Gasteiger partial charge in [-0.05, 0) is 25.0 Å². The van der Waals surface area contributed by atoms with Gasteiger partial charge in [-0.1, -0.05) is 49.4 Å². The van der Waals surface area contributed by atoms with Crippen molar-refractivity contribution in [1.29, 1.82) is 0 Å². The number of phenolic OH excluding ortho intramolecular Hbond substituents is 1. The first kappa shape index (κ1) is 16.6. The first-order valence-corrected chi connectivity index (χ1v) is 7.51. The van der Waals surface area contributed by atoms with Crippen LogP contribution in [0.5, 0.6) is 11.5 Å². The monoisotopic (exact) mass is 312 g/mol. The van der Waals surface area contributed by atoms with Crippen LogP contribution in [0.2, 0.25) is 0 Å². The van der Waals surface area contributed by atoms with Crippen LogP contribution in [0.1, 0.15) is 20.3 Å². The summed E-state index contributed by atoms with van der Waals surface area (Å²) in [5, 5.41) is 10.4. The highest BCUT2D eigenvalue weighted by atomic mass is 16.5. The fourth-order valence-electron chi connectivity index (χ4n) is 1.98. The fourth-order valence-corrected chi connectivity index (χ4v) is 1.98. The number of phenols is 1. The van der Waals surface area contributed by atoms with Gasteiger partial charge in [0.1, 0.15) is 6.26 Å². The zero-order chi connectivity index (χ0) is 16.7. The van der Waals surface area contributed by atoms with Crippen molar-refractivity contribution in [2.75, 3.05) is 6.61 Å². The molecule has 0 unspecified atom stereocenters. The molecule has 0 spiro atoms. The van der Waals surface area contributed by atoms with Crippen molar-refractivity contribution in [2.45, 2.75) is 20.3 Å². The van der Waals surface area contributed by atoms with Crippen LogP contribution in [-0.4, -0.2) is 17.7 Å². The fraction of sp³-hybridized carbons (Fsp3) is 0.211. The molecule has 0 atom stereocenters. The summed E-state index contributed by atoms with van der Waals surface area (Å²) < 4.78 is 10.5. The average Bonchev–Trinajstić information content (AvgIpc) is 2.59. The van der Waals surface area contributed by atoms with E-state index in [9.17, 15) is 9.90 Å². The summed E-state index contributed by atoms with van der Waals surface area (Å²) in [6, 6.07) is 14.8. The van der Waals surface area contributed by atoms with Gasteiger partial charge in [-0.15, -0.1) is 0 Å². The molecule has 23 heavy (non-hydrogen) atoms. The molecule has 0 saturated carbocycles. The second kappa shape index (κ2) is 8.03. The molecule has 0 aliphatic rings. The van der Waals surface area contributed by atoms with Gasteiger partial charge < -0.3 is 14.6 Å². The summed E-state index contributed by atoms with van der Waals surface area (Å²) in [6.07, 6.45) is 2.06. The first-order chi connectivity index (χ1) is 11.1. The van der Waals surface area contributed by atoms with E-state index in [4.69, 9.17) is 9.47 Å². The normalized spacial score (nSPS) is 11.1. The number of carbonyl (C=O) groups excluding carboxylic acids is 1. The Morgan fingerprint density at radius 1 is 1.13 bits per heavy atom. The Labute approximate surface area is 136 Å². The molecule has 0 saturated heterocycles. The first-order valence-electron chi connectivity index (χ1n) is 7.51. The minimum absolute atomic E-state index is 0.0321. The van der Waals surface area contributed by atoms with Crippen LogP contribution in [-0.2, 0) is 9.53 Å². The molecule has 2 aromatic rings. The number of aromatic hydroxyl groups is 1. The Morgan fingerprint density at radius 3 is 2.57 bits per heavy atom. The Morgan fingerprint density at radius 2 is 1.87 bits per heavy atom.